The molecule has 0 aliphatic heterocycles. The second-order valence-corrected chi connectivity index (χ2v) is 6.56. The summed E-state index contributed by atoms with van der Waals surface area (Å²) in [6, 6.07) is 7.71. The molecule has 1 aromatic carbocycles. The molecule has 8 heteroatoms. The minimum Gasteiger partial charge on any atom is -0.497 e. The van der Waals surface area contributed by atoms with E-state index in [0.717, 1.165) is 28.9 Å². The fraction of sp³-hybridized carbons (Fsp3) is 0.438. The molecule has 0 saturated heterocycles. The van der Waals surface area contributed by atoms with Gasteiger partial charge >= 0.3 is 0 Å². The van der Waals surface area contributed by atoms with E-state index in [1.54, 1.807) is 18.9 Å². The number of aromatic nitrogens is 3. The number of thioether (sulfide) groups is 1. The van der Waals surface area contributed by atoms with E-state index in [1.165, 1.54) is 6.92 Å². The first-order chi connectivity index (χ1) is 11.5. The monoisotopic (exact) mass is 349 g/mol. The largest absolute Gasteiger partial charge is 0.497 e. The maximum Gasteiger partial charge on any atom is 0.217 e. The lowest BCUT2D eigenvalue weighted by Gasteiger charge is -2.12. The summed E-state index contributed by atoms with van der Waals surface area (Å²) in [4.78, 5) is 13.3. The van der Waals surface area contributed by atoms with Crippen LogP contribution in [0.2, 0.25) is 0 Å². The van der Waals surface area contributed by atoms with Gasteiger partial charge in [-0.3, -0.25) is 9.36 Å². The zero-order valence-corrected chi connectivity index (χ0v) is 15.3. The van der Waals surface area contributed by atoms with E-state index in [9.17, 15) is 4.79 Å². The van der Waals surface area contributed by atoms with Crippen LogP contribution in [0.5, 0.6) is 5.75 Å². The second kappa shape index (κ2) is 8.70. The van der Waals surface area contributed by atoms with Crippen LogP contribution in [0.3, 0.4) is 0 Å². The number of nitrogens with one attached hydrogen (secondary N) is 1. The van der Waals surface area contributed by atoms with Crippen molar-refractivity contribution in [2.75, 3.05) is 33.5 Å². The molecular weight excluding hydrogens is 326 g/mol. The Hall–Kier alpha value is -2.06. The summed E-state index contributed by atoms with van der Waals surface area (Å²) in [5.74, 6) is 2.24. The molecule has 24 heavy (non-hydrogen) atoms. The maximum absolute atomic E-state index is 11.2. The van der Waals surface area contributed by atoms with Gasteiger partial charge in [0.2, 0.25) is 5.91 Å². The molecule has 0 atom stereocenters. The van der Waals surface area contributed by atoms with Crippen molar-refractivity contribution in [3.05, 3.63) is 30.1 Å². The van der Waals surface area contributed by atoms with Crippen LogP contribution in [0.1, 0.15) is 12.7 Å². The van der Waals surface area contributed by atoms with Gasteiger partial charge in [0.05, 0.1) is 19.3 Å². The minimum absolute atomic E-state index is 0.1000. The van der Waals surface area contributed by atoms with Crippen molar-refractivity contribution in [1.29, 1.82) is 0 Å². The second-order valence-electron chi connectivity index (χ2n) is 5.50. The fourth-order valence-corrected chi connectivity index (χ4v) is 3.12. The molecule has 130 valence electrons. The highest BCUT2D eigenvalue weighted by molar-refractivity contribution is 7.99. The van der Waals surface area contributed by atoms with Crippen molar-refractivity contribution in [3.8, 4) is 11.4 Å². The number of carbonyl (C=O) groups is 1. The van der Waals surface area contributed by atoms with Gasteiger partial charge in [-0.05, 0) is 26.2 Å². The van der Waals surface area contributed by atoms with Crippen LogP contribution in [0.25, 0.3) is 5.69 Å². The summed E-state index contributed by atoms with van der Waals surface area (Å²) < 4.78 is 7.26. The lowest BCUT2D eigenvalue weighted by molar-refractivity contribution is -0.119. The molecule has 0 saturated carbocycles. The van der Waals surface area contributed by atoms with Crippen molar-refractivity contribution >= 4 is 17.7 Å². The Morgan fingerprint density at radius 2 is 2.17 bits per heavy atom. The normalized spacial score (nSPS) is 10.9. The molecule has 0 unspecified atom stereocenters. The highest BCUT2D eigenvalue weighted by Crippen LogP contribution is 2.24. The molecule has 7 nitrogen and oxygen atoms in total. The van der Waals surface area contributed by atoms with Crippen molar-refractivity contribution in [2.24, 2.45) is 0 Å². The number of hydrogen-bond acceptors (Lipinski definition) is 6. The standard InChI is InChI=1S/C16H23N5O2S/c1-12(22)17-11-15-18-19-16(24-9-8-20(2)3)21(15)13-6-5-7-14(10-13)23-4/h5-7,10H,8-9,11H2,1-4H3,(H,17,22). The highest BCUT2D eigenvalue weighted by atomic mass is 32.2. The number of hydrogen-bond donors (Lipinski definition) is 1. The first-order valence-electron chi connectivity index (χ1n) is 7.62. The smallest absolute Gasteiger partial charge is 0.217 e. The Labute approximate surface area is 146 Å². The van der Waals surface area contributed by atoms with Gasteiger partial charge in [-0.25, -0.2) is 0 Å². The van der Waals surface area contributed by atoms with Gasteiger partial charge in [-0.1, -0.05) is 17.8 Å². The van der Waals surface area contributed by atoms with Crippen LogP contribution in [0.4, 0.5) is 0 Å². The zero-order chi connectivity index (χ0) is 17.5. The molecule has 0 bridgehead atoms. The summed E-state index contributed by atoms with van der Waals surface area (Å²) in [6.45, 7) is 2.75. The average Bonchev–Trinajstić information content (AvgIpc) is 2.95. The van der Waals surface area contributed by atoms with Gasteiger partial charge in [0, 0.05) is 25.3 Å². The lowest BCUT2D eigenvalue weighted by atomic mass is 10.3. The molecule has 1 heterocycles. The molecule has 0 spiro atoms. The SMILES string of the molecule is COc1cccc(-n2c(CNC(C)=O)nnc2SCCN(C)C)c1. The van der Waals surface area contributed by atoms with Gasteiger partial charge in [0.15, 0.2) is 11.0 Å². The van der Waals surface area contributed by atoms with E-state index >= 15 is 0 Å². The summed E-state index contributed by atoms with van der Waals surface area (Å²) in [5.41, 5.74) is 0.909. The lowest BCUT2D eigenvalue weighted by Crippen LogP contribution is -2.21. The van der Waals surface area contributed by atoms with E-state index in [2.05, 4.69) is 20.4 Å². The molecule has 0 radical (unpaired) electrons. The van der Waals surface area contributed by atoms with Gasteiger partial charge in [-0.15, -0.1) is 10.2 Å². The Bertz CT molecular complexity index is 687. The fourth-order valence-electron chi connectivity index (χ4n) is 2.04. The molecular formula is C16H23N5O2S. The van der Waals surface area contributed by atoms with Crippen LogP contribution < -0.4 is 10.1 Å². The van der Waals surface area contributed by atoms with Crippen LogP contribution in [0.15, 0.2) is 29.4 Å². The predicted octanol–water partition coefficient (Wildman–Crippen LogP) is 1.57. The third kappa shape index (κ3) is 4.97. The third-order valence-electron chi connectivity index (χ3n) is 3.28. The molecule has 0 aliphatic carbocycles. The summed E-state index contributed by atoms with van der Waals surface area (Å²) >= 11 is 1.63. The average molecular weight is 349 g/mol. The number of nitrogens with zero attached hydrogens (tertiary/aromatic N) is 4. The van der Waals surface area contributed by atoms with Crippen molar-refractivity contribution in [3.63, 3.8) is 0 Å². The van der Waals surface area contributed by atoms with E-state index in [1.807, 2.05) is 42.9 Å². The van der Waals surface area contributed by atoms with Gasteiger partial charge in [-0.2, -0.15) is 0 Å². The van der Waals surface area contributed by atoms with Crippen molar-refractivity contribution in [2.45, 2.75) is 18.6 Å². The van der Waals surface area contributed by atoms with E-state index in [-0.39, 0.29) is 5.91 Å². The van der Waals surface area contributed by atoms with Crippen LogP contribution in [-0.2, 0) is 11.3 Å². The van der Waals surface area contributed by atoms with Crippen LogP contribution in [-0.4, -0.2) is 59.1 Å². The number of rotatable bonds is 8. The first-order valence-corrected chi connectivity index (χ1v) is 8.60. The first kappa shape index (κ1) is 18.3. The predicted molar refractivity (Wildman–Crippen MR) is 94.7 cm³/mol. The third-order valence-corrected chi connectivity index (χ3v) is 4.19. The number of methoxy groups -OCH3 is 1. The summed E-state index contributed by atoms with van der Waals surface area (Å²) in [5, 5.41) is 12.1. The Balaban J connectivity index is 2.31. The van der Waals surface area contributed by atoms with Crippen molar-refractivity contribution in [1.82, 2.24) is 25.0 Å². The van der Waals surface area contributed by atoms with E-state index in [4.69, 9.17) is 4.74 Å². The minimum atomic E-state index is -0.1000. The Morgan fingerprint density at radius 1 is 1.38 bits per heavy atom. The Morgan fingerprint density at radius 3 is 2.83 bits per heavy atom. The van der Waals surface area contributed by atoms with Gasteiger partial charge in [0.1, 0.15) is 5.75 Å². The molecule has 1 N–H and O–H groups in total. The van der Waals surface area contributed by atoms with Crippen LogP contribution >= 0.6 is 11.8 Å². The Kier molecular flexibility index (Phi) is 6.62. The molecule has 1 aromatic heterocycles. The quantitative estimate of drug-likeness (QED) is 0.729. The van der Waals surface area contributed by atoms with E-state index in [0.29, 0.717) is 12.4 Å². The highest BCUT2D eigenvalue weighted by Gasteiger charge is 2.15. The topological polar surface area (TPSA) is 72.3 Å². The molecule has 2 aromatic rings. The summed E-state index contributed by atoms with van der Waals surface area (Å²) in [7, 11) is 5.71. The molecule has 0 fully saturated rings. The van der Waals surface area contributed by atoms with Gasteiger partial charge < -0.3 is 15.0 Å². The number of carbonyl (C=O) groups excluding carboxylic acids is 1. The maximum atomic E-state index is 11.2. The number of amides is 1. The van der Waals surface area contributed by atoms with Crippen molar-refractivity contribution < 1.29 is 9.53 Å². The van der Waals surface area contributed by atoms with Crippen LogP contribution in [0, 0.1) is 0 Å². The molecule has 1 amide bonds. The summed E-state index contributed by atoms with van der Waals surface area (Å²) in [6.07, 6.45) is 0. The zero-order valence-electron chi connectivity index (χ0n) is 14.4. The van der Waals surface area contributed by atoms with E-state index < -0.39 is 0 Å². The number of ether oxygens (including phenoxy) is 1. The number of benzene rings is 1. The van der Waals surface area contributed by atoms with Gasteiger partial charge in [0.25, 0.3) is 0 Å². The molecule has 0 aliphatic rings. The molecule has 2 rings (SSSR count).